The zero-order chi connectivity index (χ0) is 31.2. The van der Waals surface area contributed by atoms with Crippen LogP contribution in [0.3, 0.4) is 0 Å². The second-order valence-electron chi connectivity index (χ2n) is 12.2. The van der Waals surface area contributed by atoms with Gasteiger partial charge in [0.25, 0.3) is 5.69 Å². The smallest absolute Gasteiger partial charge is 0.293 e. The van der Waals surface area contributed by atoms with E-state index >= 15 is 0 Å². The van der Waals surface area contributed by atoms with Gasteiger partial charge in [-0.15, -0.1) is 0 Å². The summed E-state index contributed by atoms with van der Waals surface area (Å²) in [5.41, 5.74) is 3.75. The summed E-state index contributed by atoms with van der Waals surface area (Å²) in [6, 6.07) is 20.9. The highest BCUT2D eigenvalue weighted by Gasteiger charge is 2.31. The van der Waals surface area contributed by atoms with Gasteiger partial charge >= 0.3 is 0 Å². The van der Waals surface area contributed by atoms with Crippen molar-refractivity contribution in [2.75, 3.05) is 62.2 Å². The lowest BCUT2D eigenvalue weighted by Crippen LogP contribution is -2.46. The predicted molar refractivity (Wildman–Crippen MR) is 179 cm³/mol. The van der Waals surface area contributed by atoms with Crippen LogP contribution >= 0.6 is 0 Å². The molecule has 3 saturated heterocycles. The lowest BCUT2D eigenvalue weighted by Gasteiger charge is -2.35. The summed E-state index contributed by atoms with van der Waals surface area (Å²) in [6.45, 7) is 6.67. The fourth-order valence-electron chi connectivity index (χ4n) is 6.60. The summed E-state index contributed by atoms with van der Waals surface area (Å²) in [6.07, 6.45) is 7.61. The van der Waals surface area contributed by atoms with E-state index in [1.54, 1.807) is 28.7 Å². The van der Waals surface area contributed by atoms with Gasteiger partial charge in [0.15, 0.2) is 0 Å². The van der Waals surface area contributed by atoms with E-state index in [0.717, 1.165) is 76.9 Å². The third kappa shape index (κ3) is 7.37. The molecule has 3 aromatic carbocycles. The Morgan fingerprint density at radius 1 is 0.733 bits per heavy atom. The summed E-state index contributed by atoms with van der Waals surface area (Å²) in [4.78, 5) is 23.3. The van der Waals surface area contributed by atoms with Crippen LogP contribution in [0, 0.1) is 10.1 Å². The Kier molecular flexibility index (Phi) is 9.77. The van der Waals surface area contributed by atoms with Gasteiger partial charge in [0.1, 0.15) is 10.6 Å². The van der Waals surface area contributed by atoms with E-state index < -0.39 is 10.0 Å². The highest BCUT2D eigenvalue weighted by Crippen LogP contribution is 2.35. The second-order valence-corrected chi connectivity index (χ2v) is 14.1. The lowest BCUT2D eigenvalue weighted by molar-refractivity contribution is -0.384. The summed E-state index contributed by atoms with van der Waals surface area (Å²) < 4.78 is 29.3. The number of anilines is 2. The van der Waals surface area contributed by atoms with Crippen LogP contribution < -0.4 is 9.80 Å². The largest absolute Gasteiger partial charge is 0.370 e. The van der Waals surface area contributed by atoms with Crippen LogP contribution in [0.25, 0.3) is 0 Å². The van der Waals surface area contributed by atoms with Gasteiger partial charge in [0.05, 0.1) is 16.3 Å². The van der Waals surface area contributed by atoms with Crippen molar-refractivity contribution in [1.29, 1.82) is 0 Å². The molecule has 0 spiro atoms. The Hall–Kier alpha value is -3.80. The van der Waals surface area contributed by atoms with Crippen molar-refractivity contribution in [3.63, 3.8) is 0 Å². The zero-order valence-corrected chi connectivity index (χ0v) is 26.6. The molecule has 0 bridgehead atoms. The molecule has 45 heavy (non-hydrogen) atoms. The average Bonchev–Trinajstić information content (AvgIpc) is 3.09. The molecular formula is C34H42N6O4S. The van der Waals surface area contributed by atoms with E-state index in [9.17, 15) is 18.5 Å². The molecule has 10 nitrogen and oxygen atoms in total. The first-order valence-electron chi connectivity index (χ1n) is 16.1. The third-order valence-corrected chi connectivity index (χ3v) is 11.0. The van der Waals surface area contributed by atoms with Crippen LogP contribution in [-0.2, 0) is 16.6 Å². The van der Waals surface area contributed by atoms with E-state index in [1.165, 1.54) is 5.56 Å². The van der Waals surface area contributed by atoms with Crippen LogP contribution in [0.5, 0.6) is 0 Å². The fourth-order valence-corrected chi connectivity index (χ4v) is 8.35. The number of benzene rings is 3. The summed E-state index contributed by atoms with van der Waals surface area (Å²) >= 11 is 0. The molecule has 0 aliphatic carbocycles. The normalized spacial score (nSPS) is 18.8. The van der Waals surface area contributed by atoms with Crippen molar-refractivity contribution >= 4 is 39.0 Å². The number of hydrogen-bond acceptors (Lipinski definition) is 8. The van der Waals surface area contributed by atoms with Crippen molar-refractivity contribution in [2.45, 2.75) is 50.0 Å². The maximum atomic E-state index is 13.9. The zero-order valence-electron chi connectivity index (χ0n) is 25.8. The molecule has 3 aliphatic heterocycles. The molecule has 0 saturated carbocycles. The molecule has 11 heteroatoms. The molecule has 0 N–H and O–H groups in total. The highest BCUT2D eigenvalue weighted by atomic mass is 32.2. The fraction of sp³-hybridized carbons (Fsp3) is 0.441. The maximum absolute atomic E-state index is 13.9. The van der Waals surface area contributed by atoms with Crippen LogP contribution in [-0.4, -0.2) is 81.1 Å². The van der Waals surface area contributed by atoms with Crippen molar-refractivity contribution in [1.82, 2.24) is 9.21 Å². The highest BCUT2D eigenvalue weighted by molar-refractivity contribution is 7.89. The second kappa shape index (κ2) is 14.1. The van der Waals surface area contributed by atoms with Crippen LogP contribution in [0.1, 0.15) is 49.7 Å². The first-order valence-corrected chi connectivity index (χ1v) is 17.6. The molecule has 6 rings (SSSR count). The van der Waals surface area contributed by atoms with E-state index in [1.807, 2.05) is 36.4 Å². The SMILES string of the molecule is O=[N+]([O-])c1cc(C=Nc2ccc(N3CCCCC3)c(S(=O)(=O)N3CCCCC3)c2)ccc1N1CCN(Cc2ccccc2)CC1. The standard InChI is InChI=1S/C34H42N6O4S/c41-40(42)33-24-29(12-14-31(33)38-22-20-36(21-23-38)27-28-10-4-1-5-11-28)26-35-30-13-15-32(37-16-6-2-7-17-37)34(25-30)45(43,44)39-18-8-3-9-19-39/h1,4-5,10-15,24-26H,2-3,6-9,16-23,27H2. The number of nitro benzene ring substituents is 1. The summed E-state index contributed by atoms with van der Waals surface area (Å²) in [5.74, 6) is 0. The number of nitro groups is 1. The van der Waals surface area contributed by atoms with Crippen LogP contribution in [0.15, 0.2) is 76.6 Å². The minimum Gasteiger partial charge on any atom is -0.370 e. The van der Waals surface area contributed by atoms with Gasteiger partial charge < -0.3 is 9.80 Å². The minimum absolute atomic E-state index is 0.0456. The monoisotopic (exact) mass is 630 g/mol. The van der Waals surface area contributed by atoms with Crippen molar-refractivity contribution in [3.05, 3.63) is 88.0 Å². The van der Waals surface area contributed by atoms with Gasteiger partial charge in [0, 0.05) is 71.2 Å². The Balaban J connectivity index is 1.21. The molecule has 0 unspecified atom stereocenters. The van der Waals surface area contributed by atoms with Gasteiger partial charge in [-0.3, -0.25) is 20.0 Å². The topological polar surface area (TPSA) is 103 Å². The third-order valence-electron chi connectivity index (χ3n) is 9.09. The first-order chi connectivity index (χ1) is 21.9. The molecule has 0 atom stereocenters. The molecule has 3 aromatic rings. The van der Waals surface area contributed by atoms with Gasteiger partial charge in [-0.05, 0) is 67.5 Å². The van der Waals surface area contributed by atoms with Gasteiger partial charge in [-0.25, -0.2) is 8.42 Å². The Bertz CT molecular complexity index is 1610. The Labute approximate surface area is 266 Å². The number of rotatable bonds is 9. The number of piperazine rings is 1. The van der Waals surface area contributed by atoms with E-state index in [4.69, 9.17) is 0 Å². The van der Waals surface area contributed by atoms with Crippen molar-refractivity contribution < 1.29 is 13.3 Å². The molecule has 0 aromatic heterocycles. The number of sulfonamides is 1. The lowest BCUT2D eigenvalue weighted by atomic mass is 10.1. The molecule has 0 amide bonds. The van der Waals surface area contributed by atoms with Gasteiger partial charge in [0.2, 0.25) is 10.0 Å². The quantitative estimate of drug-likeness (QED) is 0.167. The molecule has 3 heterocycles. The minimum atomic E-state index is -3.69. The molecule has 3 aliphatic rings. The maximum Gasteiger partial charge on any atom is 0.293 e. The van der Waals surface area contributed by atoms with E-state index in [0.29, 0.717) is 48.0 Å². The van der Waals surface area contributed by atoms with Crippen molar-refractivity contribution in [2.24, 2.45) is 4.99 Å². The van der Waals surface area contributed by atoms with E-state index in [-0.39, 0.29) is 10.6 Å². The number of nitrogens with zero attached hydrogens (tertiary/aromatic N) is 6. The number of piperidine rings is 2. The molecular weight excluding hydrogens is 588 g/mol. The molecule has 3 fully saturated rings. The van der Waals surface area contributed by atoms with E-state index in [2.05, 4.69) is 31.8 Å². The first kappa shape index (κ1) is 31.2. The summed E-state index contributed by atoms with van der Waals surface area (Å²) in [7, 11) is -3.69. The Morgan fingerprint density at radius 2 is 1.38 bits per heavy atom. The van der Waals surface area contributed by atoms with Gasteiger partial charge in [-0.2, -0.15) is 4.31 Å². The number of aliphatic imine (C=N–C) groups is 1. The average molecular weight is 631 g/mol. The van der Waals surface area contributed by atoms with Crippen molar-refractivity contribution in [3.8, 4) is 0 Å². The summed E-state index contributed by atoms with van der Waals surface area (Å²) in [5, 5.41) is 12.1. The predicted octanol–water partition coefficient (Wildman–Crippen LogP) is 5.83. The van der Waals surface area contributed by atoms with Crippen LogP contribution in [0.2, 0.25) is 0 Å². The van der Waals surface area contributed by atoms with Crippen LogP contribution in [0.4, 0.5) is 22.7 Å². The molecule has 0 radical (unpaired) electrons. The molecule has 238 valence electrons. The van der Waals surface area contributed by atoms with Gasteiger partial charge in [-0.1, -0.05) is 42.8 Å². The number of hydrogen-bond donors (Lipinski definition) is 0. The Morgan fingerprint density at radius 3 is 2.07 bits per heavy atom.